The number of carbonyl (C=O) groups excluding carboxylic acids is 2. The highest BCUT2D eigenvalue weighted by Crippen LogP contribution is 2.20. The fourth-order valence-corrected chi connectivity index (χ4v) is 2.99. The number of phenolic OH excluding ortho intramolecular Hbond substituents is 1. The van der Waals surface area contributed by atoms with Crippen LogP contribution in [0.5, 0.6) is 5.75 Å². The highest BCUT2D eigenvalue weighted by Gasteiger charge is 2.48. The van der Waals surface area contributed by atoms with E-state index in [-0.39, 0.29) is 30.0 Å². The summed E-state index contributed by atoms with van der Waals surface area (Å²) >= 11 is 0. The van der Waals surface area contributed by atoms with Crippen LogP contribution in [0.25, 0.3) is 0 Å². The first-order chi connectivity index (χ1) is 12.9. The Kier molecular flexibility index (Phi) is 5.57. The van der Waals surface area contributed by atoms with Crippen molar-refractivity contribution in [1.82, 2.24) is 0 Å². The number of carboxylic acids is 1. The molecule has 9 heteroatoms. The van der Waals surface area contributed by atoms with Crippen LogP contribution < -0.4 is 10.0 Å². The fraction of sp³-hybridized carbons (Fsp3) is 0.333. The van der Waals surface area contributed by atoms with Gasteiger partial charge in [0.2, 0.25) is 6.23 Å². The van der Waals surface area contributed by atoms with Gasteiger partial charge >= 0.3 is 5.97 Å². The predicted molar refractivity (Wildman–Crippen MR) is 87.1 cm³/mol. The van der Waals surface area contributed by atoms with Gasteiger partial charge in [-0.15, -0.1) is 0 Å². The number of allylic oxidation sites excluding steroid dienone is 2. The summed E-state index contributed by atoms with van der Waals surface area (Å²) in [5.41, 5.74) is 0.255. The summed E-state index contributed by atoms with van der Waals surface area (Å²) in [7, 11) is 0. The zero-order chi connectivity index (χ0) is 19.6. The number of aliphatic hydroxyl groups is 2. The molecule has 1 aromatic rings. The van der Waals surface area contributed by atoms with Crippen LogP contribution in [-0.4, -0.2) is 64.9 Å². The molecule has 27 heavy (non-hydrogen) atoms. The number of benzene rings is 1. The van der Waals surface area contributed by atoms with Crippen molar-refractivity contribution in [3.8, 4) is 5.75 Å². The first kappa shape index (κ1) is 19.1. The van der Waals surface area contributed by atoms with E-state index in [0.29, 0.717) is 4.90 Å². The Morgan fingerprint density at radius 3 is 2.59 bits per heavy atom. The molecule has 4 N–H and O–H groups in total. The van der Waals surface area contributed by atoms with Crippen LogP contribution in [0, 0.1) is 0 Å². The number of rotatable bonds is 5. The van der Waals surface area contributed by atoms with E-state index in [1.807, 2.05) is 0 Å². The molecule has 144 valence electrons. The number of nitrogens with one attached hydrogen (secondary N) is 1. The smallest absolute Gasteiger partial charge is 0.338 e. The number of ether oxygens (including phenoxy) is 2. The minimum absolute atomic E-state index is 0.00889. The topological polar surface area (TPSA) is 141 Å². The normalized spacial score (nSPS) is 30.0. The lowest BCUT2D eigenvalue weighted by atomic mass is 10.1. The first-order valence-corrected chi connectivity index (χ1v) is 8.29. The number of aliphatic carboxylic acids is 1. The summed E-state index contributed by atoms with van der Waals surface area (Å²) in [5, 5.41) is 40.6. The third kappa shape index (κ3) is 4.17. The average Bonchev–Trinajstić information content (AvgIpc) is 2.95. The van der Waals surface area contributed by atoms with Crippen LogP contribution in [0.15, 0.2) is 48.2 Å². The standard InChI is InChI=1S/C18H19NO8/c20-12-5-3-10(4-6-12)18(25)26-9-13-14(21)15(22)16(27-13)19-7-1-2-11(8-19)17(23)24/h1-7,13-16,20-22H,8-9H2,(H,23,24)/t13-,14-,15-,16+/m1/s1. The maximum atomic E-state index is 12.0. The Labute approximate surface area is 154 Å². The van der Waals surface area contributed by atoms with E-state index in [4.69, 9.17) is 9.47 Å². The molecule has 0 spiro atoms. The van der Waals surface area contributed by atoms with Gasteiger partial charge in [0.25, 0.3) is 0 Å². The molecular weight excluding hydrogens is 358 g/mol. The van der Waals surface area contributed by atoms with Gasteiger partial charge in [-0.2, -0.15) is 0 Å². The Bertz CT molecular complexity index is 772. The molecule has 2 aliphatic heterocycles. The molecule has 5 atom stereocenters. The van der Waals surface area contributed by atoms with Crippen molar-refractivity contribution in [2.45, 2.75) is 24.5 Å². The van der Waals surface area contributed by atoms with Crippen LogP contribution in [0.3, 0.4) is 0 Å². The number of phenols is 1. The van der Waals surface area contributed by atoms with Crippen molar-refractivity contribution in [3.63, 3.8) is 0 Å². The quantitative estimate of drug-likeness (QED) is 0.400. The second kappa shape index (κ2) is 7.89. The Hall–Kier alpha value is -2.72. The molecule has 0 amide bonds. The van der Waals surface area contributed by atoms with E-state index in [9.17, 15) is 30.0 Å². The number of hydrogen-bond donors (Lipinski definition) is 4. The van der Waals surface area contributed by atoms with Gasteiger partial charge in [-0.25, -0.2) is 4.79 Å². The van der Waals surface area contributed by atoms with E-state index in [0.717, 1.165) is 0 Å². The number of carbonyl (C=O) groups is 2. The molecule has 1 aromatic carbocycles. The maximum Gasteiger partial charge on any atom is 0.338 e. The van der Waals surface area contributed by atoms with Crippen molar-refractivity contribution in [3.05, 3.63) is 53.8 Å². The number of aliphatic hydroxyl groups excluding tert-OH is 2. The van der Waals surface area contributed by atoms with Gasteiger partial charge < -0.3 is 34.7 Å². The monoisotopic (exact) mass is 377 g/mol. The summed E-state index contributed by atoms with van der Waals surface area (Å²) in [5.74, 6) is -1.98. The zero-order valence-electron chi connectivity index (χ0n) is 14.1. The molecular formula is C18H19NO8. The summed E-state index contributed by atoms with van der Waals surface area (Å²) in [6.07, 6.45) is 0.0283. The Morgan fingerprint density at radius 1 is 1.22 bits per heavy atom. The van der Waals surface area contributed by atoms with Crippen LogP contribution in [0.2, 0.25) is 0 Å². The second-order valence-electron chi connectivity index (χ2n) is 6.31. The molecule has 1 unspecified atom stereocenters. The Morgan fingerprint density at radius 2 is 1.93 bits per heavy atom. The van der Waals surface area contributed by atoms with Gasteiger partial charge in [-0.05, 0) is 36.4 Å². The average molecular weight is 377 g/mol. The molecule has 0 aromatic heterocycles. The molecule has 0 saturated carbocycles. The largest absolute Gasteiger partial charge is 0.545 e. The van der Waals surface area contributed by atoms with Crippen molar-refractivity contribution >= 4 is 11.9 Å². The highest BCUT2D eigenvalue weighted by atomic mass is 16.6. The minimum atomic E-state index is -1.32. The number of quaternary nitrogens is 1. The van der Waals surface area contributed by atoms with Gasteiger partial charge in [0.15, 0.2) is 6.10 Å². The fourth-order valence-electron chi connectivity index (χ4n) is 2.99. The Balaban J connectivity index is 1.59. The maximum absolute atomic E-state index is 12.0. The third-order valence-corrected chi connectivity index (χ3v) is 4.47. The van der Waals surface area contributed by atoms with Crippen LogP contribution in [0.1, 0.15) is 10.4 Å². The second-order valence-corrected chi connectivity index (χ2v) is 6.31. The van der Waals surface area contributed by atoms with E-state index >= 15 is 0 Å². The highest BCUT2D eigenvalue weighted by molar-refractivity contribution is 5.89. The summed E-state index contributed by atoms with van der Waals surface area (Å²) < 4.78 is 10.7. The molecule has 3 rings (SSSR count). The SMILES string of the molecule is O=C([O-])C1=CC=C[NH+]([C@H]2O[C@H](COC(=O)c3ccc(O)cc3)[C@@H](O)[C@H]2O)C1. The first-order valence-electron chi connectivity index (χ1n) is 8.29. The molecule has 9 nitrogen and oxygen atoms in total. The number of esters is 1. The van der Waals surface area contributed by atoms with E-state index in [2.05, 4.69) is 0 Å². The number of carboxylic acid groups (broad SMARTS) is 1. The molecule has 2 heterocycles. The van der Waals surface area contributed by atoms with Gasteiger partial charge in [0.1, 0.15) is 31.1 Å². The lowest BCUT2D eigenvalue weighted by Gasteiger charge is -2.26. The number of aromatic hydroxyl groups is 1. The van der Waals surface area contributed by atoms with Gasteiger partial charge in [0, 0.05) is 5.57 Å². The summed E-state index contributed by atoms with van der Waals surface area (Å²) in [6, 6.07) is 5.45. The van der Waals surface area contributed by atoms with E-state index in [1.165, 1.54) is 36.4 Å². The molecule has 1 fully saturated rings. The molecule has 0 radical (unpaired) electrons. The van der Waals surface area contributed by atoms with Crippen LogP contribution in [0.4, 0.5) is 0 Å². The molecule has 2 aliphatic rings. The predicted octanol–water partition coefficient (Wildman–Crippen LogP) is -2.92. The minimum Gasteiger partial charge on any atom is -0.545 e. The molecule has 0 bridgehead atoms. The van der Waals surface area contributed by atoms with E-state index in [1.54, 1.807) is 6.20 Å². The number of hydrogen-bond acceptors (Lipinski definition) is 8. The van der Waals surface area contributed by atoms with Crippen molar-refractivity contribution in [2.75, 3.05) is 13.2 Å². The van der Waals surface area contributed by atoms with Gasteiger partial charge in [-0.1, -0.05) is 0 Å². The van der Waals surface area contributed by atoms with Crippen LogP contribution in [-0.2, 0) is 14.3 Å². The molecule has 0 aliphatic carbocycles. The van der Waals surface area contributed by atoms with Crippen LogP contribution >= 0.6 is 0 Å². The lowest BCUT2D eigenvalue weighted by Crippen LogP contribution is -3.13. The van der Waals surface area contributed by atoms with Crippen molar-refractivity contribution in [2.24, 2.45) is 0 Å². The summed E-state index contributed by atoms with van der Waals surface area (Å²) in [4.78, 5) is 23.5. The van der Waals surface area contributed by atoms with Gasteiger partial charge in [-0.3, -0.25) is 4.90 Å². The summed E-state index contributed by atoms with van der Waals surface area (Å²) in [6.45, 7) is -0.276. The van der Waals surface area contributed by atoms with Gasteiger partial charge in [0.05, 0.1) is 17.7 Å². The molecule has 1 saturated heterocycles. The zero-order valence-corrected chi connectivity index (χ0v) is 14.1. The van der Waals surface area contributed by atoms with Crippen molar-refractivity contribution < 1.29 is 44.4 Å². The van der Waals surface area contributed by atoms with Crippen molar-refractivity contribution in [1.29, 1.82) is 0 Å². The van der Waals surface area contributed by atoms with E-state index < -0.39 is 36.5 Å². The third-order valence-electron chi connectivity index (χ3n) is 4.47. The lowest BCUT2D eigenvalue weighted by molar-refractivity contribution is -0.898.